The van der Waals surface area contributed by atoms with Gasteiger partial charge in [0.1, 0.15) is 5.15 Å². The molecule has 0 amide bonds. The minimum atomic E-state index is 0.242. The standard InChI is InChI=1S/C15H20ClN3S/c1-10-13(15(16)19(3)18-10)9-14(17-2)11-5-7-12(20-4)8-6-11/h5-8,14,17H,9H2,1-4H3. The number of nitrogens with one attached hydrogen (secondary N) is 1. The molecular formula is C15H20ClN3S. The van der Waals surface area contributed by atoms with Crippen LogP contribution in [0.15, 0.2) is 29.2 Å². The summed E-state index contributed by atoms with van der Waals surface area (Å²) in [5.74, 6) is 0. The van der Waals surface area contributed by atoms with Crippen LogP contribution in [0.2, 0.25) is 5.15 Å². The van der Waals surface area contributed by atoms with Crippen molar-refractivity contribution in [1.29, 1.82) is 0 Å². The minimum Gasteiger partial charge on any atom is -0.313 e. The molecule has 0 saturated carbocycles. The van der Waals surface area contributed by atoms with E-state index in [2.05, 4.69) is 40.9 Å². The zero-order valence-electron chi connectivity index (χ0n) is 12.3. The molecule has 1 aromatic carbocycles. The van der Waals surface area contributed by atoms with Crippen LogP contribution in [-0.2, 0) is 13.5 Å². The fraction of sp³-hybridized carbons (Fsp3) is 0.400. The van der Waals surface area contributed by atoms with Crippen molar-refractivity contribution in [3.63, 3.8) is 0 Å². The number of benzene rings is 1. The number of halogens is 1. The highest BCUT2D eigenvalue weighted by Gasteiger charge is 2.17. The molecule has 0 radical (unpaired) electrons. The van der Waals surface area contributed by atoms with Gasteiger partial charge in [-0.1, -0.05) is 23.7 Å². The van der Waals surface area contributed by atoms with Gasteiger partial charge in [0.2, 0.25) is 0 Å². The molecule has 0 bridgehead atoms. The first-order chi connectivity index (χ1) is 9.56. The van der Waals surface area contributed by atoms with E-state index in [0.717, 1.165) is 22.8 Å². The summed E-state index contributed by atoms with van der Waals surface area (Å²) in [6.07, 6.45) is 2.93. The SMILES string of the molecule is CNC(Cc1c(C)nn(C)c1Cl)c1ccc(SC)cc1. The maximum Gasteiger partial charge on any atom is 0.130 e. The molecule has 0 aliphatic heterocycles. The second kappa shape index (κ2) is 6.66. The Kier molecular flexibility index (Phi) is 5.13. The Morgan fingerprint density at radius 1 is 1.35 bits per heavy atom. The molecule has 0 aliphatic rings. The van der Waals surface area contributed by atoms with Gasteiger partial charge in [-0.05, 0) is 44.3 Å². The van der Waals surface area contributed by atoms with Crippen molar-refractivity contribution in [3.8, 4) is 0 Å². The van der Waals surface area contributed by atoms with Crippen LogP contribution in [0.1, 0.15) is 22.9 Å². The van der Waals surface area contributed by atoms with E-state index in [1.165, 1.54) is 10.5 Å². The Labute approximate surface area is 129 Å². The average molecular weight is 310 g/mol. The van der Waals surface area contributed by atoms with Crippen LogP contribution in [0.3, 0.4) is 0 Å². The van der Waals surface area contributed by atoms with Crippen LogP contribution in [0, 0.1) is 6.92 Å². The van der Waals surface area contributed by atoms with Gasteiger partial charge in [-0.25, -0.2) is 0 Å². The summed E-state index contributed by atoms with van der Waals surface area (Å²) in [5, 5.41) is 8.46. The van der Waals surface area contributed by atoms with Gasteiger partial charge in [-0.2, -0.15) is 5.10 Å². The summed E-state index contributed by atoms with van der Waals surface area (Å²) in [5.41, 5.74) is 3.38. The average Bonchev–Trinajstić information content (AvgIpc) is 2.70. The zero-order chi connectivity index (χ0) is 14.7. The van der Waals surface area contributed by atoms with Crippen molar-refractivity contribution in [2.45, 2.75) is 24.3 Å². The second-order valence-corrected chi connectivity index (χ2v) is 6.03. The van der Waals surface area contributed by atoms with Crippen LogP contribution < -0.4 is 5.32 Å². The topological polar surface area (TPSA) is 29.9 Å². The smallest absolute Gasteiger partial charge is 0.130 e. The Morgan fingerprint density at radius 3 is 2.45 bits per heavy atom. The largest absolute Gasteiger partial charge is 0.313 e. The number of aryl methyl sites for hydroxylation is 2. The molecular weight excluding hydrogens is 290 g/mol. The summed E-state index contributed by atoms with van der Waals surface area (Å²) in [7, 11) is 3.85. The normalized spacial score (nSPS) is 12.7. The van der Waals surface area contributed by atoms with Gasteiger partial charge >= 0.3 is 0 Å². The molecule has 1 N–H and O–H groups in total. The molecule has 2 aromatic rings. The summed E-state index contributed by atoms with van der Waals surface area (Å²) < 4.78 is 1.73. The third-order valence-electron chi connectivity index (χ3n) is 3.54. The Morgan fingerprint density at radius 2 is 2.00 bits per heavy atom. The van der Waals surface area contributed by atoms with E-state index < -0.39 is 0 Å². The Balaban J connectivity index is 2.23. The lowest BCUT2D eigenvalue weighted by atomic mass is 9.99. The predicted octanol–water partition coefficient (Wildman–Crippen LogP) is 3.61. The molecule has 5 heteroatoms. The molecule has 0 saturated heterocycles. The highest BCUT2D eigenvalue weighted by Crippen LogP contribution is 2.26. The van der Waals surface area contributed by atoms with Crippen LogP contribution in [-0.4, -0.2) is 23.1 Å². The van der Waals surface area contributed by atoms with Gasteiger partial charge in [0.25, 0.3) is 0 Å². The maximum absolute atomic E-state index is 6.32. The van der Waals surface area contributed by atoms with Crippen LogP contribution in [0.5, 0.6) is 0 Å². The van der Waals surface area contributed by atoms with Crippen LogP contribution >= 0.6 is 23.4 Å². The highest BCUT2D eigenvalue weighted by atomic mass is 35.5. The summed E-state index contributed by atoms with van der Waals surface area (Å²) >= 11 is 8.07. The second-order valence-electron chi connectivity index (χ2n) is 4.80. The maximum atomic E-state index is 6.32. The van der Waals surface area contributed by atoms with Crippen molar-refractivity contribution in [2.24, 2.45) is 7.05 Å². The van der Waals surface area contributed by atoms with E-state index in [0.29, 0.717) is 0 Å². The summed E-state index contributed by atoms with van der Waals surface area (Å²) in [4.78, 5) is 1.28. The summed E-state index contributed by atoms with van der Waals surface area (Å²) in [6.45, 7) is 2.00. The number of thioether (sulfide) groups is 1. The van der Waals surface area contributed by atoms with Gasteiger partial charge in [0, 0.05) is 23.5 Å². The minimum absolute atomic E-state index is 0.242. The van der Waals surface area contributed by atoms with E-state index in [4.69, 9.17) is 11.6 Å². The first kappa shape index (κ1) is 15.4. The van der Waals surface area contributed by atoms with Crippen molar-refractivity contribution >= 4 is 23.4 Å². The first-order valence-electron chi connectivity index (χ1n) is 6.56. The van der Waals surface area contributed by atoms with Gasteiger partial charge in [0.05, 0.1) is 5.69 Å². The number of likely N-dealkylation sites (N-methyl/N-ethyl adjacent to an activating group) is 1. The van der Waals surface area contributed by atoms with Crippen molar-refractivity contribution in [1.82, 2.24) is 15.1 Å². The van der Waals surface area contributed by atoms with Crippen LogP contribution in [0.25, 0.3) is 0 Å². The molecule has 20 heavy (non-hydrogen) atoms. The Hall–Kier alpha value is -0.970. The lowest BCUT2D eigenvalue weighted by Crippen LogP contribution is -2.19. The van der Waals surface area contributed by atoms with E-state index in [9.17, 15) is 0 Å². The quantitative estimate of drug-likeness (QED) is 0.856. The van der Waals surface area contributed by atoms with Gasteiger partial charge in [-0.15, -0.1) is 11.8 Å². The van der Waals surface area contributed by atoms with Crippen LogP contribution in [0.4, 0.5) is 0 Å². The van der Waals surface area contributed by atoms with E-state index in [1.54, 1.807) is 16.4 Å². The zero-order valence-corrected chi connectivity index (χ0v) is 13.8. The monoisotopic (exact) mass is 309 g/mol. The fourth-order valence-electron chi connectivity index (χ4n) is 2.33. The molecule has 108 valence electrons. The predicted molar refractivity (Wildman–Crippen MR) is 86.7 cm³/mol. The number of hydrogen-bond donors (Lipinski definition) is 1. The molecule has 1 aromatic heterocycles. The van der Waals surface area contributed by atoms with Crippen molar-refractivity contribution in [3.05, 3.63) is 46.2 Å². The summed E-state index contributed by atoms with van der Waals surface area (Å²) in [6, 6.07) is 8.90. The molecule has 0 spiro atoms. The lowest BCUT2D eigenvalue weighted by Gasteiger charge is -2.17. The molecule has 1 atom stereocenters. The van der Waals surface area contributed by atoms with E-state index >= 15 is 0 Å². The lowest BCUT2D eigenvalue weighted by molar-refractivity contribution is 0.590. The van der Waals surface area contributed by atoms with Crippen molar-refractivity contribution < 1.29 is 0 Å². The van der Waals surface area contributed by atoms with Crippen molar-refractivity contribution in [2.75, 3.05) is 13.3 Å². The number of rotatable bonds is 5. The first-order valence-corrected chi connectivity index (χ1v) is 8.16. The number of nitrogens with zero attached hydrogens (tertiary/aromatic N) is 2. The number of aromatic nitrogens is 2. The molecule has 2 rings (SSSR count). The fourth-order valence-corrected chi connectivity index (χ4v) is 2.99. The molecule has 1 heterocycles. The van der Waals surface area contributed by atoms with E-state index in [1.807, 2.05) is 21.0 Å². The molecule has 3 nitrogen and oxygen atoms in total. The molecule has 0 fully saturated rings. The third-order valence-corrected chi connectivity index (χ3v) is 4.76. The van der Waals surface area contributed by atoms with E-state index in [-0.39, 0.29) is 6.04 Å². The number of hydrogen-bond acceptors (Lipinski definition) is 3. The van der Waals surface area contributed by atoms with Gasteiger partial charge in [-0.3, -0.25) is 4.68 Å². The third kappa shape index (κ3) is 3.19. The Bertz CT molecular complexity index is 578. The highest BCUT2D eigenvalue weighted by molar-refractivity contribution is 7.98. The molecule has 1 unspecified atom stereocenters. The molecule has 0 aliphatic carbocycles. The van der Waals surface area contributed by atoms with Gasteiger partial charge in [0.15, 0.2) is 0 Å². The van der Waals surface area contributed by atoms with Gasteiger partial charge < -0.3 is 5.32 Å².